The number of aryl methyl sites for hydroxylation is 1. The second-order valence-corrected chi connectivity index (χ2v) is 7.50. The summed E-state index contributed by atoms with van der Waals surface area (Å²) in [5, 5.41) is 8.06. The van der Waals surface area contributed by atoms with E-state index in [1.165, 1.54) is 4.68 Å². The molecule has 0 amide bonds. The maximum absolute atomic E-state index is 14.7. The number of hydrogen-bond donors (Lipinski definition) is 1. The van der Waals surface area contributed by atoms with Crippen LogP contribution < -0.4 is 10.9 Å². The van der Waals surface area contributed by atoms with E-state index in [4.69, 9.17) is 11.6 Å². The molecule has 8 heteroatoms. The smallest absolute Gasteiger partial charge is 0.270 e. The van der Waals surface area contributed by atoms with Crippen molar-refractivity contribution in [3.05, 3.63) is 74.9 Å². The molecule has 0 aliphatic heterocycles. The topological polar surface area (TPSA) is 63.0 Å². The molecule has 0 saturated heterocycles. The van der Waals surface area contributed by atoms with Gasteiger partial charge in [0.15, 0.2) is 0 Å². The minimum atomic E-state index is -0.636. The van der Waals surface area contributed by atoms with Gasteiger partial charge in [-0.25, -0.2) is 9.67 Å². The first-order valence-corrected chi connectivity index (χ1v) is 9.60. The van der Waals surface area contributed by atoms with Crippen molar-refractivity contribution in [2.24, 2.45) is 0 Å². The summed E-state index contributed by atoms with van der Waals surface area (Å²) in [6.07, 6.45) is 0. The molecule has 0 atom stereocenters. The molecule has 0 aliphatic rings. The molecule has 152 valence electrons. The summed E-state index contributed by atoms with van der Waals surface area (Å²) in [7, 11) is 3.93. The van der Waals surface area contributed by atoms with Crippen molar-refractivity contribution in [3.63, 3.8) is 0 Å². The van der Waals surface area contributed by atoms with Gasteiger partial charge < -0.3 is 10.2 Å². The fraction of sp³-hybridized carbons (Fsp3) is 0.286. The van der Waals surface area contributed by atoms with Crippen LogP contribution in [0.1, 0.15) is 11.1 Å². The van der Waals surface area contributed by atoms with Crippen molar-refractivity contribution in [2.75, 3.05) is 32.5 Å². The van der Waals surface area contributed by atoms with Crippen LogP contribution >= 0.6 is 11.6 Å². The predicted octanol–water partition coefficient (Wildman–Crippen LogP) is 3.43. The zero-order valence-corrected chi connectivity index (χ0v) is 17.4. The first kappa shape index (κ1) is 21.0. The lowest BCUT2D eigenvalue weighted by molar-refractivity contribution is 0.425. The van der Waals surface area contributed by atoms with E-state index in [2.05, 4.69) is 15.4 Å². The highest BCUT2D eigenvalue weighted by Crippen LogP contribution is 2.21. The summed E-state index contributed by atoms with van der Waals surface area (Å²) in [4.78, 5) is 18.5. The van der Waals surface area contributed by atoms with Gasteiger partial charge in [-0.05, 0) is 56.9 Å². The van der Waals surface area contributed by atoms with E-state index in [1.54, 1.807) is 37.3 Å². The number of halogens is 2. The van der Waals surface area contributed by atoms with Crippen LogP contribution in [0.4, 0.5) is 10.2 Å². The van der Waals surface area contributed by atoms with Gasteiger partial charge in [0, 0.05) is 23.7 Å². The fourth-order valence-corrected chi connectivity index (χ4v) is 2.93. The molecule has 2 heterocycles. The molecule has 0 radical (unpaired) electrons. The number of hydrogen-bond acceptors (Lipinski definition) is 5. The van der Waals surface area contributed by atoms with Crippen LogP contribution in [0.15, 0.2) is 47.3 Å². The van der Waals surface area contributed by atoms with Crippen molar-refractivity contribution < 1.29 is 4.39 Å². The van der Waals surface area contributed by atoms with Crippen molar-refractivity contribution in [1.29, 1.82) is 0 Å². The van der Waals surface area contributed by atoms with Crippen molar-refractivity contribution >= 4 is 17.4 Å². The molecule has 0 aliphatic carbocycles. The number of rotatable bonds is 7. The maximum atomic E-state index is 14.7. The molecule has 0 fully saturated rings. The Labute approximate surface area is 174 Å². The van der Waals surface area contributed by atoms with Crippen LogP contribution in [0.3, 0.4) is 0 Å². The van der Waals surface area contributed by atoms with Crippen LogP contribution in [-0.4, -0.2) is 46.8 Å². The van der Waals surface area contributed by atoms with E-state index in [-0.39, 0.29) is 17.7 Å². The van der Waals surface area contributed by atoms with Gasteiger partial charge in [0.25, 0.3) is 5.56 Å². The lowest BCUT2D eigenvalue weighted by Crippen LogP contribution is -2.26. The number of anilines is 1. The summed E-state index contributed by atoms with van der Waals surface area (Å²) in [5.74, 6) is -0.178. The van der Waals surface area contributed by atoms with Gasteiger partial charge in [-0.3, -0.25) is 4.79 Å². The number of pyridine rings is 1. The molecule has 3 rings (SSSR count). The fourth-order valence-electron chi connectivity index (χ4n) is 2.81. The third kappa shape index (κ3) is 5.40. The van der Waals surface area contributed by atoms with Crippen LogP contribution in [0.5, 0.6) is 0 Å². The van der Waals surface area contributed by atoms with Gasteiger partial charge in [0.1, 0.15) is 5.82 Å². The molecule has 29 heavy (non-hydrogen) atoms. The van der Waals surface area contributed by atoms with Gasteiger partial charge in [-0.2, -0.15) is 9.49 Å². The van der Waals surface area contributed by atoms with Crippen LogP contribution in [-0.2, 0) is 6.54 Å². The first-order valence-electron chi connectivity index (χ1n) is 9.22. The predicted molar refractivity (Wildman–Crippen MR) is 114 cm³/mol. The summed E-state index contributed by atoms with van der Waals surface area (Å²) < 4.78 is 16.0. The van der Waals surface area contributed by atoms with Gasteiger partial charge in [0.05, 0.1) is 17.8 Å². The normalized spacial score (nSPS) is 11.1. The van der Waals surface area contributed by atoms with E-state index in [0.717, 1.165) is 12.1 Å². The number of nitrogens with one attached hydrogen (secondary N) is 1. The molecular formula is C21H23ClFN5O. The molecule has 2 aromatic heterocycles. The van der Waals surface area contributed by atoms with E-state index >= 15 is 0 Å². The second-order valence-electron chi connectivity index (χ2n) is 7.07. The third-order valence-corrected chi connectivity index (χ3v) is 4.64. The van der Waals surface area contributed by atoms with E-state index in [9.17, 15) is 9.18 Å². The Kier molecular flexibility index (Phi) is 6.61. The van der Waals surface area contributed by atoms with Crippen LogP contribution in [0, 0.1) is 12.9 Å². The van der Waals surface area contributed by atoms with Crippen molar-refractivity contribution in [1.82, 2.24) is 19.7 Å². The largest absolute Gasteiger partial charge is 0.369 e. The van der Waals surface area contributed by atoms with Crippen molar-refractivity contribution in [3.8, 4) is 11.3 Å². The SMILES string of the molecule is Cc1cc(-c2ccc(NCCN(C)C)nc2F)nn(Cc2ccc(Cl)cc2)c1=O. The molecule has 1 N–H and O–H groups in total. The Morgan fingerprint density at radius 1 is 1.17 bits per heavy atom. The quantitative estimate of drug-likeness (QED) is 0.599. The number of likely N-dealkylation sites (N-methyl/N-ethyl adjacent to an activating group) is 1. The molecule has 0 saturated carbocycles. The maximum Gasteiger partial charge on any atom is 0.270 e. The number of aromatic nitrogens is 3. The molecular weight excluding hydrogens is 393 g/mol. The standard InChI is InChI=1S/C21H23ClFN5O/c1-14-12-18(17-8-9-19(25-20(17)23)24-10-11-27(2)3)26-28(21(14)29)13-15-4-6-16(22)7-5-15/h4-9,12H,10-11,13H2,1-3H3,(H,24,25). The minimum Gasteiger partial charge on any atom is -0.369 e. The molecule has 0 bridgehead atoms. The Morgan fingerprint density at radius 3 is 2.55 bits per heavy atom. The van der Waals surface area contributed by atoms with Gasteiger partial charge in [-0.1, -0.05) is 23.7 Å². The average Bonchev–Trinajstić information content (AvgIpc) is 2.67. The van der Waals surface area contributed by atoms with E-state index in [0.29, 0.717) is 28.6 Å². The highest BCUT2D eigenvalue weighted by molar-refractivity contribution is 6.30. The van der Waals surface area contributed by atoms with Crippen molar-refractivity contribution in [2.45, 2.75) is 13.5 Å². The van der Waals surface area contributed by atoms with Crippen LogP contribution in [0.2, 0.25) is 5.02 Å². The lowest BCUT2D eigenvalue weighted by atomic mass is 10.1. The summed E-state index contributed by atoms with van der Waals surface area (Å²) in [5.41, 5.74) is 1.74. The Hall–Kier alpha value is -2.77. The zero-order valence-electron chi connectivity index (χ0n) is 16.6. The molecule has 0 spiro atoms. The van der Waals surface area contributed by atoms with Gasteiger partial charge in [-0.15, -0.1) is 0 Å². The summed E-state index contributed by atoms with van der Waals surface area (Å²) in [6, 6.07) is 12.1. The molecule has 3 aromatic rings. The second kappa shape index (κ2) is 9.15. The Bertz CT molecular complexity index is 1050. The number of nitrogens with zero attached hydrogens (tertiary/aromatic N) is 4. The van der Waals surface area contributed by atoms with Gasteiger partial charge >= 0.3 is 0 Å². The monoisotopic (exact) mass is 415 g/mol. The first-order chi connectivity index (χ1) is 13.8. The van der Waals surface area contributed by atoms with E-state index in [1.807, 2.05) is 31.1 Å². The molecule has 1 aromatic carbocycles. The minimum absolute atomic E-state index is 0.223. The average molecular weight is 416 g/mol. The van der Waals surface area contributed by atoms with Crippen LogP contribution in [0.25, 0.3) is 11.3 Å². The third-order valence-electron chi connectivity index (χ3n) is 4.39. The molecule has 0 unspecified atom stereocenters. The lowest BCUT2D eigenvalue weighted by Gasteiger charge is -2.12. The Balaban J connectivity index is 1.87. The van der Waals surface area contributed by atoms with E-state index < -0.39 is 5.95 Å². The zero-order chi connectivity index (χ0) is 21.0. The summed E-state index contributed by atoms with van der Waals surface area (Å²) in [6.45, 7) is 3.42. The Morgan fingerprint density at radius 2 is 1.90 bits per heavy atom. The summed E-state index contributed by atoms with van der Waals surface area (Å²) >= 11 is 5.91. The molecule has 6 nitrogen and oxygen atoms in total. The van der Waals surface area contributed by atoms with Gasteiger partial charge in [0.2, 0.25) is 5.95 Å². The highest BCUT2D eigenvalue weighted by Gasteiger charge is 2.13. The highest BCUT2D eigenvalue weighted by atomic mass is 35.5. The number of benzene rings is 1.